The summed E-state index contributed by atoms with van der Waals surface area (Å²) in [5, 5.41) is 9.33. The topological polar surface area (TPSA) is 88.2 Å². The number of fused-ring (bicyclic) bond motifs is 1. The molecule has 1 aromatic carbocycles. The Hall–Kier alpha value is -2.67. The summed E-state index contributed by atoms with van der Waals surface area (Å²) in [6.45, 7) is 3.20. The van der Waals surface area contributed by atoms with Crippen LogP contribution in [0, 0.1) is 6.92 Å². The van der Waals surface area contributed by atoms with Gasteiger partial charge in [-0.05, 0) is 37.1 Å². The number of benzene rings is 1. The van der Waals surface area contributed by atoms with Crippen LogP contribution < -0.4 is 16.0 Å². The molecule has 2 aromatic rings. The van der Waals surface area contributed by atoms with Gasteiger partial charge in [0, 0.05) is 43.2 Å². The van der Waals surface area contributed by atoms with Crippen molar-refractivity contribution in [2.24, 2.45) is 0 Å². The number of nitrogens with zero attached hydrogens (tertiary/aromatic N) is 2. The largest absolute Gasteiger partial charge is 0.383 e. The molecule has 24 heavy (non-hydrogen) atoms. The summed E-state index contributed by atoms with van der Waals surface area (Å²) in [5.74, 6) is 1.39. The summed E-state index contributed by atoms with van der Waals surface area (Å²) in [5.41, 5.74) is 3.91. The van der Waals surface area contributed by atoms with Crippen LogP contribution in [-0.2, 0) is 16.0 Å². The van der Waals surface area contributed by atoms with Crippen molar-refractivity contribution in [3.63, 3.8) is 0 Å². The molecule has 0 spiro atoms. The van der Waals surface area contributed by atoms with Crippen molar-refractivity contribution in [3.8, 4) is 0 Å². The number of anilines is 4. The Labute approximate surface area is 140 Å². The third kappa shape index (κ3) is 3.80. The van der Waals surface area contributed by atoms with Crippen LogP contribution in [0.25, 0.3) is 0 Å². The van der Waals surface area contributed by atoms with Gasteiger partial charge in [-0.2, -0.15) is 4.98 Å². The second kappa shape index (κ2) is 7.27. The van der Waals surface area contributed by atoms with E-state index in [9.17, 15) is 4.79 Å². The maximum absolute atomic E-state index is 11.4. The molecule has 1 amide bonds. The predicted octanol–water partition coefficient (Wildman–Crippen LogP) is 2.47. The highest BCUT2D eigenvalue weighted by molar-refractivity contribution is 5.94. The summed E-state index contributed by atoms with van der Waals surface area (Å²) in [4.78, 5) is 20.2. The maximum atomic E-state index is 11.4. The lowest BCUT2D eigenvalue weighted by atomic mass is 10.0. The molecule has 1 aliphatic rings. The zero-order valence-corrected chi connectivity index (χ0v) is 13.8. The van der Waals surface area contributed by atoms with Crippen LogP contribution >= 0.6 is 0 Å². The third-order valence-corrected chi connectivity index (χ3v) is 3.82. The number of ether oxygens (including phenoxy) is 1. The Morgan fingerprint density at radius 1 is 1.33 bits per heavy atom. The Bertz CT molecular complexity index is 748. The van der Waals surface area contributed by atoms with Crippen molar-refractivity contribution < 1.29 is 9.53 Å². The fraction of sp³-hybridized carbons (Fsp3) is 0.353. The second-order valence-electron chi connectivity index (χ2n) is 5.69. The van der Waals surface area contributed by atoms with Crippen molar-refractivity contribution in [2.45, 2.75) is 19.8 Å². The van der Waals surface area contributed by atoms with E-state index in [0.717, 1.165) is 34.7 Å². The lowest BCUT2D eigenvalue weighted by molar-refractivity contribution is -0.116. The molecule has 0 aliphatic carbocycles. The molecule has 126 valence electrons. The minimum atomic E-state index is 0.0710. The molecule has 0 radical (unpaired) electrons. The van der Waals surface area contributed by atoms with Crippen LogP contribution in [0.2, 0.25) is 0 Å². The zero-order valence-electron chi connectivity index (χ0n) is 13.8. The van der Waals surface area contributed by atoms with Gasteiger partial charge in [0.1, 0.15) is 5.82 Å². The Morgan fingerprint density at radius 2 is 2.21 bits per heavy atom. The van der Waals surface area contributed by atoms with E-state index in [1.807, 2.05) is 25.1 Å². The van der Waals surface area contributed by atoms with Crippen molar-refractivity contribution in [2.75, 3.05) is 36.2 Å². The summed E-state index contributed by atoms with van der Waals surface area (Å²) < 4.78 is 5.01. The molecule has 3 rings (SSSR count). The molecule has 1 aliphatic heterocycles. The van der Waals surface area contributed by atoms with Crippen LogP contribution in [0.15, 0.2) is 24.4 Å². The van der Waals surface area contributed by atoms with E-state index in [-0.39, 0.29) is 5.91 Å². The van der Waals surface area contributed by atoms with Gasteiger partial charge in [0.2, 0.25) is 11.9 Å². The summed E-state index contributed by atoms with van der Waals surface area (Å²) >= 11 is 0. The van der Waals surface area contributed by atoms with E-state index in [1.165, 1.54) is 0 Å². The first-order chi connectivity index (χ1) is 11.7. The van der Waals surface area contributed by atoms with E-state index < -0.39 is 0 Å². The number of rotatable bonds is 6. The fourth-order valence-electron chi connectivity index (χ4n) is 2.52. The number of aromatic nitrogens is 2. The molecule has 2 heterocycles. The quantitative estimate of drug-likeness (QED) is 0.707. The summed E-state index contributed by atoms with van der Waals surface area (Å²) in [6, 6.07) is 5.90. The second-order valence-corrected chi connectivity index (χ2v) is 5.69. The lowest BCUT2D eigenvalue weighted by Crippen LogP contribution is -2.18. The molecule has 0 saturated carbocycles. The number of nitrogens with one attached hydrogen (secondary N) is 3. The van der Waals surface area contributed by atoms with Crippen molar-refractivity contribution in [3.05, 3.63) is 35.5 Å². The number of hydrogen-bond donors (Lipinski definition) is 3. The first kappa shape index (κ1) is 16.2. The first-order valence-corrected chi connectivity index (χ1v) is 7.92. The van der Waals surface area contributed by atoms with Crippen LogP contribution in [0.5, 0.6) is 0 Å². The minimum absolute atomic E-state index is 0.0710. The standard InChI is InChI=1S/C17H21N5O2/c1-11-10-19-17(18-7-8-24-2)22-16(11)20-13-4-5-14-12(9-13)3-6-15(23)21-14/h4-5,9-10H,3,6-8H2,1-2H3,(H,21,23)(H2,18,19,20,22). The fourth-order valence-corrected chi connectivity index (χ4v) is 2.52. The summed E-state index contributed by atoms with van der Waals surface area (Å²) in [6.07, 6.45) is 3.06. The Morgan fingerprint density at radius 3 is 3.04 bits per heavy atom. The molecule has 0 unspecified atom stereocenters. The van der Waals surface area contributed by atoms with Gasteiger partial charge in [0.15, 0.2) is 0 Å². The zero-order chi connectivity index (χ0) is 16.9. The number of aryl methyl sites for hydroxylation is 2. The van der Waals surface area contributed by atoms with Gasteiger partial charge in [-0.3, -0.25) is 4.79 Å². The van der Waals surface area contributed by atoms with Gasteiger partial charge < -0.3 is 20.7 Å². The van der Waals surface area contributed by atoms with Gasteiger partial charge in [0.25, 0.3) is 0 Å². The smallest absolute Gasteiger partial charge is 0.224 e. The van der Waals surface area contributed by atoms with Crippen molar-refractivity contribution in [1.82, 2.24) is 9.97 Å². The number of methoxy groups -OCH3 is 1. The molecule has 0 saturated heterocycles. The van der Waals surface area contributed by atoms with Crippen molar-refractivity contribution >= 4 is 29.0 Å². The number of carbonyl (C=O) groups is 1. The average Bonchev–Trinajstić information content (AvgIpc) is 2.58. The van der Waals surface area contributed by atoms with Crippen LogP contribution in [0.3, 0.4) is 0 Å². The number of carbonyl (C=O) groups excluding carboxylic acids is 1. The Kier molecular flexibility index (Phi) is 4.90. The molecular formula is C17H21N5O2. The lowest BCUT2D eigenvalue weighted by Gasteiger charge is -2.18. The highest BCUT2D eigenvalue weighted by Crippen LogP contribution is 2.27. The molecule has 0 atom stereocenters. The predicted molar refractivity (Wildman–Crippen MR) is 93.8 cm³/mol. The van der Waals surface area contributed by atoms with Crippen molar-refractivity contribution in [1.29, 1.82) is 0 Å². The third-order valence-electron chi connectivity index (χ3n) is 3.82. The maximum Gasteiger partial charge on any atom is 0.224 e. The monoisotopic (exact) mass is 327 g/mol. The highest BCUT2D eigenvalue weighted by atomic mass is 16.5. The van der Waals surface area contributed by atoms with E-state index in [4.69, 9.17) is 4.74 Å². The molecule has 1 aromatic heterocycles. The van der Waals surface area contributed by atoms with Gasteiger partial charge in [0.05, 0.1) is 6.61 Å². The normalized spacial score (nSPS) is 13.2. The highest BCUT2D eigenvalue weighted by Gasteiger charge is 2.15. The Balaban J connectivity index is 1.75. The van der Waals surface area contributed by atoms with Gasteiger partial charge in [-0.15, -0.1) is 0 Å². The molecular weight excluding hydrogens is 306 g/mol. The van der Waals surface area contributed by atoms with E-state index >= 15 is 0 Å². The van der Waals surface area contributed by atoms with Crippen LogP contribution in [0.1, 0.15) is 17.5 Å². The molecule has 0 bridgehead atoms. The van der Waals surface area contributed by atoms with Crippen LogP contribution in [-0.4, -0.2) is 36.1 Å². The molecule has 3 N–H and O–H groups in total. The molecule has 7 heteroatoms. The van der Waals surface area contributed by atoms with Gasteiger partial charge in [-0.25, -0.2) is 4.98 Å². The van der Waals surface area contributed by atoms with Gasteiger partial charge in [-0.1, -0.05) is 0 Å². The summed E-state index contributed by atoms with van der Waals surface area (Å²) in [7, 11) is 1.66. The van der Waals surface area contributed by atoms with Gasteiger partial charge >= 0.3 is 0 Å². The average molecular weight is 327 g/mol. The molecule has 7 nitrogen and oxygen atoms in total. The SMILES string of the molecule is COCCNc1ncc(C)c(Nc2ccc3c(c2)CCC(=O)N3)n1. The molecule has 0 fully saturated rings. The van der Waals surface area contributed by atoms with E-state index in [1.54, 1.807) is 13.3 Å². The van der Waals surface area contributed by atoms with Crippen LogP contribution in [0.4, 0.5) is 23.1 Å². The first-order valence-electron chi connectivity index (χ1n) is 7.92. The minimum Gasteiger partial charge on any atom is -0.383 e. The van der Waals surface area contributed by atoms with E-state index in [2.05, 4.69) is 25.9 Å². The number of hydrogen-bond acceptors (Lipinski definition) is 6. The number of amides is 1. The van der Waals surface area contributed by atoms with E-state index in [0.29, 0.717) is 25.5 Å².